The molecule has 1 saturated carbocycles. The van der Waals surface area contributed by atoms with E-state index in [-0.39, 0.29) is 11.4 Å². The molecule has 24 heavy (non-hydrogen) atoms. The molecule has 1 aliphatic heterocycles. The first kappa shape index (κ1) is 15.0. The molecule has 1 aromatic heterocycles. The van der Waals surface area contributed by atoms with Gasteiger partial charge in [-0.25, -0.2) is 4.68 Å². The Morgan fingerprint density at radius 3 is 2.75 bits per heavy atom. The van der Waals surface area contributed by atoms with Crippen LogP contribution < -0.4 is 10.1 Å². The fraction of sp³-hybridized carbons (Fsp3) is 0.368. The van der Waals surface area contributed by atoms with E-state index < -0.39 is 0 Å². The molecule has 0 spiro atoms. The maximum atomic E-state index is 11.8. The van der Waals surface area contributed by atoms with Crippen LogP contribution in [-0.2, 0) is 16.9 Å². The van der Waals surface area contributed by atoms with Crippen LogP contribution in [0, 0.1) is 0 Å². The molecule has 2 heterocycles. The standard InChI is InChI=1S/C19H21N3O2/c1-2-17(23)21-19(9-3-10-19)15-7-5-14(6-8-15)16-13-20-22-11-4-12-24-18(16)22/h2,5-8,13H,1,3-4,9-12H2,(H,21,23). The first-order valence-electron chi connectivity index (χ1n) is 8.46. The van der Waals surface area contributed by atoms with Crippen molar-refractivity contribution in [1.29, 1.82) is 0 Å². The monoisotopic (exact) mass is 323 g/mol. The summed E-state index contributed by atoms with van der Waals surface area (Å²) < 4.78 is 7.70. The summed E-state index contributed by atoms with van der Waals surface area (Å²) in [6, 6.07) is 8.38. The van der Waals surface area contributed by atoms with Crippen molar-refractivity contribution in [1.82, 2.24) is 15.1 Å². The van der Waals surface area contributed by atoms with E-state index in [9.17, 15) is 4.79 Å². The molecule has 2 aliphatic rings. The van der Waals surface area contributed by atoms with E-state index in [0.717, 1.165) is 61.4 Å². The minimum Gasteiger partial charge on any atom is -0.477 e. The number of fused-ring (bicyclic) bond motifs is 1. The quantitative estimate of drug-likeness (QED) is 0.880. The van der Waals surface area contributed by atoms with Gasteiger partial charge in [-0.3, -0.25) is 4.79 Å². The summed E-state index contributed by atoms with van der Waals surface area (Å²) in [7, 11) is 0. The first-order chi connectivity index (χ1) is 11.7. The van der Waals surface area contributed by atoms with Gasteiger partial charge in [-0.15, -0.1) is 0 Å². The molecule has 0 bridgehead atoms. The second-order valence-electron chi connectivity index (χ2n) is 6.49. The Morgan fingerprint density at radius 2 is 2.08 bits per heavy atom. The highest BCUT2D eigenvalue weighted by Gasteiger charge is 2.39. The number of carbonyl (C=O) groups excluding carboxylic acids is 1. The first-order valence-corrected chi connectivity index (χ1v) is 8.46. The van der Waals surface area contributed by atoms with E-state index in [1.807, 2.05) is 10.9 Å². The lowest BCUT2D eigenvalue weighted by atomic mass is 9.71. The topological polar surface area (TPSA) is 56.2 Å². The third kappa shape index (κ3) is 2.40. The fourth-order valence-corrected chi connectivity index (χ4v) is 3.54. The lowest BCUT2D eigenvalue weighted by molar-refractivity contribution is -0.119. The molecule has 4 rings (SSSR count). The summed E-state index contributed by atoms with van der Waals surface area (Å²) in [5.41, 5.74) is 3.03. The highest BCUT2D eigenvalue weighted by Crippen LogP contribution is 2.42. The maximum absolute atomic E-state index is 11.8. The van der Waals surface area contributed by atoms with Crippen LogP contribution >= 0.6 is 0 Å². The third-order valence-electron chi connectivity index (χ3n) is 5.05. The molecular formula is C19H21N3O2. The molecule has 0 radical (unpaired) electrons. The molecule has 124 valence electrons. The Labute approximate surface area is 141 Å². The van der Waals surface area contributed by atoms with Gasteiger partial charge in [-0.2, -0.15) is 5.10 Å². The smallest absolute Gasteiger partial charge is 0.244 e. The molecule has 1 amide bonds. The zero-order valence-electron chi connectivity index (χ0n) is 13.6. The van der Waals surface area contributed by atoms with E-state index in [2.05, 4.69) is 41.3 Å². The van der Waals surface area contributed by atoms with Gasteiger partial charge in [0.15, 0.2) is 0 Å². The minimum absolute atomic E-state index is 0.113. The Balaban J connectivity index is 1.62. The number of nitrogens with zero attached hydrogens (tertiary/aromatic N) is 2. The largest absolute Gasteiger partial charge is 0.477 e. The van der Waals surface area contributed by atoms with Crippen LogP contribution in [0.1, 0.15) is 31.2 Å². The van der Waals surface area contributed by atoms with Gasteiger partial charge in [0, 0.05) is 13.0 Å². The van der Waals surface area contributed by atoms with Crippen molar-refractivity contribution in [3.63, 3.8) is 0 Å². The predicted octanol–water partition coefficient (Wildman–Crippen LogP) is 3.01. The second kappa shape index (κ2) is 5.82. The molecule has 5 nitrogen and oxygen atoms in total. The molecular weight excluding hydrogens is 302 g/mol. The van der Waals surface area contributed by atoms with Gasteiger partial charge in [0.2, 0.25) is 11.8 Å². The van der Waals surface area contributed by atoms with Crippen LogP contribution in [0.3, 0.4) is 0 Å². The van der Waals surface area contributed by atoms with Crippen molar-refractivity contribution in [2.45, 2.75) is 37.8 Å². The van der Waals surface area contributed by atoms with Crippen molar-refractivity contribution in [3.8, 4) is 17.0 Å². The van der Waals surface area contributed by atoms with E-state index in [4.69, 9.17) is 4.74 Å². The van der Waals surface area contributed by atoms with Crippen molar-refractivity contribution >= 4 is 5.91 Å². The van der Waals surface area contributed by atoms with Crippen molar-refractivity contribution < 1.29 is 9.53 Å². The zero-order chi connectivity index (χ0) is 16.6. The van der Waals surface area contributed by atoms with Gasteiger partial charge in [-0.05, 0) is 36.5 Å². The summed E-state index contributed by atoms with van der Waals surface area (Å²) >= 11 is 0. The SMILES string of the molecule is C=CC(=O)NC1(c2ccc(-c3cnn4c3OCCC4)cc2)CCC1. The molecule has 1 fully saturated rings. The molecule has 1 N–H and O–H groups in total. The third-order valence-corrected chi connectivity index (χ3v) is 5.05. The lowest BCUT2D eigenvalue weighted by Gasteiger charge is -2.43. The van der Waals surface area contributed by atoms with Gasteiger partial charge in [0.05, 0.1) is 23.9 Å². The van der Waals surface area contributed by atoms with Crippen LogP contribution in [0.15, 0.2) is 43.1 Å². The zero-order valence-corrected chi connectivity index (χ0v) is 13.6. The Morgan fingerprint density at radius 1 is 1.29 bits per heavy atom. The molecule has 1 aromatic carbocycles. The van der Waals surface area contributed by atoms with E-state index in [0.29, 0.717) is 0 Å². The number of carbonyl (C=O) groups is 1. The Hall–Kier alpha value is -2.56. The van der Waals surface area contributed by atoms with Crippen LogP contribution in [-0.4, -0.2) is 22.3 Å². The maximum Gasteiger partial charge on any atom is 0.244 e. The minimum atomic E-state index is -0.237. The summed E-state index contributed by atoms with van der Waals surface area (Å²) in [5.74, 6) is 0.741. The number of nitrogens with one attached hydrogen (secondary N) is 1. The summed E-state index contributed by atoms with van der Waals surface area (Å²) in [6.45, 7) is 5.20. The summed E-state index contributed by atoms with van der Waals surface area (Å²) in [5, 5.41) is 7.51. The summed E-state index contributed by atoms with van der Waals surface area (Å²) in [4.78, 5) is 11.8. The number of amides is 1. The second-order valence-corrected chi connectivity index (χ2v) is 6.49. The number of aromatic nitrogens is 2. The van der Waals surface area contributed by atoms with Gasteiger partial charge in [0.1, 0.15) is 0 Å². The van der Waals surface area contributed by atoms with Gasteiger partial charge >= 0.3 is 0 Å². The number of hydrogen-bond acceptors (Lipinski definition) is 3. The van der Waals surface area contributed by atoms with E-state index in [1.165, 1.54) is 6.08 Å². The predicted molar refractivity (Wildman–Crippen MR) is 91.6 cm³/mol. The highest BCUT2D eigenvalue weighted by molar-refractivity contribution is 5.87. The van der Waals surface area contributed by atoms with Gasteiger partial charge in [-0.1, -0.05) is 30.8 Å². The van der Waals surface area contributed by atoms with Crippen molar-refractivity contribution in [3.05, 3.63) is 48.7 Å². The normalized spacial score (nSPS) is 18.0. The lowest BCUT2D eigenvalue weighted by Crippen LogP contribution is -2.50. The van der Waals surface area contributed by atoms with Crippen LogP contribution in [0.5, 0.6) is 5.88 Å². The molecule has 0 atom stereocenters. The summed E-state index contributed by atoms with van der Waals surface area (Å²) in [6.07, 6.45) is 7.28. The number of benzene rings is 1. The number of hydrogen-bond donors (Lipinski definition) is 1. The van der Waals surface area contributed by atoms with Gasteiger partial charge in [0.25, 0.3) is 0 Å². The van der Waals surface area contributed by atoms with E-state index in [1.54, 1.807) is 0 Å². The Kier molecular flexibility index (Phi) is 3.63. The fourth-order valence-electron chi connectivity index (χ4n) is 3.54. The van der Waals surface area contributed by atoms with E-state index >= 15 is 0 Å². The number of rotatable bonds is 4. The van der Waals surface area contributed by atoms with Crippen LogP contribution in [0.2, 0.25) is 0 Å². The number of aryl methyl sites for hydroxylation is 1. The average Bonchev–Trinajstić information content (AvgIpc) is 3.02. The molecule has 0 saturated heterocycles. The van der Waals surface area contributed by atoms with Crippen molar-refractivity contribution in [2.24, 2.45) is 0 Å². The van der Waals surface area contributed by atoms with Crippen LogP contribution in [0.25, 0.3) is 11.1 Å². The highest BCUT2D eigenvalue weighted by atomic mass is 16.5. The van der Waals surface area contributed by atoms with Gasteiger partial charge < -0.3 is 10.1 Å². The van der Waals surface area contributed by atoms with Crippen molar-refractivity contribution in [2.75, 3.05) is 6.61 Å². The number of ether oxygens (including phenoxy) is 1. The molecule has 2 aromatic rings. The Bertz CT molecular complexity index is 772. The molecule has 0 unspecified atom stereocenters. The van der Waals surface area contributed by atoms with Crippen LogP contribution in [0.4, 0.5) is 0 Å². The molecule has 1 aliphatic carbocycles. The molecule has 5 heteroatoms. The average molecular weight is 323 g/mol.